The number of benzene rings is 2. The second-order valence-electron chi connectivity index (χ2n) is 15.5. The smallest absolute Gasteiger partial charge is 0.376 e. The first-order valence-corrected chi connectivity index (χ1v) is 22.1. The maximum absolute atomic E-state index is 12.6. The standard InChI is InChI=1S/C17H25BN2O3.C13H23NOSi.C8H14BNO3/c1-18(22)20-9-8-15-11-19(10-14-6-4-3-5-7-14)12-17(15,13-20)16(21)23-2;1-15-11-14(12-16(2,3)4)10-13-8-6-5-7-9-13;1-9(12)10-5-3-4-7(6-10)8(11)13-2/h3-7,15,22H,8-13H2,1-2H3;5-9H,10-12H2,1-4H3;4,12H,3,5-6H2,1-2H3. The zero-order valence-corrected chi connectivity index (χ0v) is 33.8. The number of carbonyl (C=O) groups excluding carboxylic acids is 2. The first-order valence-electron chi connectivity index (χ1n) is 18.4. The molecular formula is C38H62B2N4O7Si. The predicted molar refractivity (Wildman–Crippen MR) is 212 cm³/mol. The van der Waals surface area contributed by atoms with Crippen LogP contribution in [0.2, 0.25) is 33.3 Å². The van der Waals surface area contributed by atoms with Gasteiger partial charge in [0, 0.05) is 52.0 Å². The average molecular weight is 737 g/mol. The SMILES string of the molecule is COC(=O)C12CN(Cc3ccccc3)CC1CCN(B(C)O)C2.COC(=O)C1=CCCN(B(C)O)C1.COCN(Cc1ccccc1)C[Si](C)(C)C. The summed E-state index contributed by atoms with van der Waals surface area (Å²) in [6, 6.07) is 20.9. The molecule has 2 atom stereocenters. The van der Waals surface area contributed by atoms with Crippen molar-refractivity contribution in [3.05, 3.63) is 83.4 Å². The Balaban J connectivity index is 0.000000221. The summed E-state index contributed by atoms with van der Waals surface area (Å²) in [6.07, 6.45) is 4.75. The van der Waals surface area contributed by atoms with Crippen molar-refractivity contribution in [3.63, 3.8) is 0 Å². The topological polar surface area (TPSA) is 115 Å². The Morgan fingerprint density at radius 3 is 2.04 bits per heavy atom. The van der Waals surface area contributed by atoms with Crippen molar-refractivity contribution in [2.24, 2.45) is 11.3 Å². The lowest BCUT2D eigenvalue weighted by Crippen LogP contribution is -2.56. The molecule has 0 saturated carbocycles. The molecular weight excluding hydrogens is 674 g/mol. The molecule has 52 heavy (non-hydrogen) atoms. The molecule has 0 aliphatic carbocycles. The first kappa shape index (κ1) is 43.6. The summed E-state index contributed by atoms with van der Waals surface area (Å²) in [6.45, 7) is 17.5. The zero-order chi connectivity index (χ0) is 38.3. The highest BCUT2D eigenvalue weighted by Gasteiger charge is 2.56. The molecule has 11 nitrogen and oxygen atoms in total. The molecule has 0 bridgehead atoms. The third kappa shape index (κ3) is 13.6. The lowest BCUT2D eigenvalue weighted by atomic mass is 9.69. The quantitative estimate of drug-likeness (QED) is 0.188. The van der Waals surface area contributed by atoms with Crippen molar-refractivity contribution < 1.29 is 33.8 Å². The number of piperidine rings is 1. The van der Waals surface area contributed by atoms with Gasteiger partial charge in [0.2, 0.25) is 0 Å². The second-order valence-corrected chi connectivity index (χ2v) is 20.9. The van der Waals surface area contributed by atoms with Crippen LogP contribution in [0.1, 0.15) is 24.0 Å². The van der Waals surface area contributed by atoms with Crippen molar-refractivity contribution >= 4 is 34.1 Å². The van der Waals surface area contributed by atoms with E-state index in [4.69, 9.17) is 9.47 Å². The van der Waals surface area contributed by atoms with Crippen LogP contribution >= 0.6 is 0 Å². The number of esters is 2. The number of nitrogens with zero attached hydrogens (tertiary/aromatic N) is 4. The van der Waals surface area contributed by atoms with E-state index in [1.165, 1.54) is 31.5 Å². The second kappa shape index (κ2) is 21.2. The van der Waals surface area contributed by atoms with E-state index in [1.54, 1.807) is 20.8 Å². The molecule has 0 aromatic heterocycles. The number of likely N-dealkylation sites (tertiary alicyclic amines) is 1. The van der Waals surface area contributed by atoms with Crippen LogP contribution in [0, 0.1) is 11.3 Å². The lowest BCUT2D eigenvalue weighted by molar-refractivity contribution is -0.157. The Morgan fingerprint density at radius 2 is 1.50 bits per heavy atom. The molecule has 286 valence electrons. The summed E-state index contributed by atoms with van der Waals surface area (Å²) < 4.78 is 15.0. The van der Waals surface area contributed by atoms with Crippen molar-refractivity contribution in [1.29, 1.82) is 0 Å². The van der Waals surface area contributed by atoms with Crippen molar-refractivity contribution in [2.45, 2.75) is 59.2 Å². The maximum atomic E-state index is 12.6. The summed E-state index contributed by atoms with van der Waals surface area (Å²) in [5, 5.41) is 19.2. The van der Waals surface area contributed by atoms with Crippen LogP contribution in [0.15, 0.2) is 72.3 Å². The molecule has 0 spiro atoms. The molecule has 2 N–H and O–H groups in total. The Bertz CT molecular complexity index is 1400. The maximum Gasteiger partial charge on any atom is 0.376 e. The molecule has 3 aliphatic rings. The van der Waals surface area contributed by atoms with Crippen molar-refractivity contribution in [1.82, 2.24) is 19.4 Å². The van der Waals surface area contributed by atoms with E-state index in [-0.39, 0.29) is 11.9 Å². The Hall–Kier alpha value is -2.81. The van der Waals surface area contributed by atoms with Crippen LogP contribution in [-0.4, -0.2) is 137 Å². The predicted octanol–water partition coefficient (Wildman–Crippen LogP) is 3.97. The summed E-state index contributed by atoms with van der Waals surface area (Å²) >= 11 is 0. The average Bonchev–Trinajstić information content (AvgIpc) is 3.50. The van der Waals surface area contributed by atoms with E-state index in [0.717, 1.165) is 52.3 Å². The highest BCUT2D eigenvalue weighted by molar-refractivity contribution is 6.76. The minimum Gasteiger partial charge on any atom is -0.469 e. The van der Waals surface area contributed by atoms with Crippen LogP contribution < -0.4 is 0 Å². The summed E-state index contributed by atoms with van der Waals surface area (Å²) in [4.78, 5) is 32.3. The van der Waals surface area contributed by atoms with Crippen LogP contribution in [0.4, 0.5) is 0 Å². The van der Waals surface area contributed by atoms with Gasteiger partial charge in [0.05, 0.1) is 34.4 Å². The Morgan fingerprint density at radius 1 is 0.885 bits per heavy atom. The highest BCUT2D eigenvalue weighted by Crippen LogP contribution is 2.43. The third-order valence-electron chi connectivity index (χ3n) is 9.80. The number of hydrogen-bond donors (Lipinski definition) is 2. The van der Waals surface area contributed by atoms with Gasteiger partial charge in [-0.1, -0.05) is 86.4 Å². The fourth-order valence-corrected chi connectivity index (χ4v) is 8.92. The molecule has 3 heterocycles. The molecule has 2 unspecified atom stereocenters. The van der Waals surface area contributed by atoms with Crippen LogP contribution in [0.5, 0.6) is 0 Å². The van der Waals surface area contributed by atoms with Gasteiger partial charge in [0.25, 0.3) is 0 Å². The van der Waals surface area contributed by atoms with E-state index < -0.39 is 27.6 Å². The fraction of sp³-hybridized carbons (Fsp3) is 0.579. The molecule has 2 fully saturated rings. The summed E-state index contributed by atoms with van der Waals surface area (Å²) in [5.74, 6) is -0.137. The van der Waals surface area contributed by atoms with E-state index in [2.05, 4.69) is 76.6 Å². The number of methoxy groups -OCH3 is 3. The van der Waals surface area contributed by atoms with Gasteiger partial charge in [-0.2, -0.15) is 0 Å². The fourth-order valence-electron chi connectivity index (χ4n) is 7.38. The van der Waals surface area contributed by atoms with Gasteiger partial charge >= 0.3 is 26.0 Å². The number of ether oxygens (including phenoxy) is 3. The summed E-state index contributed by atoms with van der Waals surface area (Å²) in [5.41, 5.74) is 2.74. The molecule has 2 aromatic carbocycles. The highest BCUT2D eigenvalue weighted by atomic mass is 28.3. The number of carbonyl (C=O) groups is 2. The Labute approximate surface area is 314 Å². The van der Waals surface area contributed by atoms with Crippen molar-refractivity contribution in [3.8, 4) is 0 Å². The van der Waals surface area contributed by atoms with Crippen LogP contribution in [0.3, 0.4) is 0 Å². The molecule has 14 heteroatoms. The monoisotopic (exact) mass is 736 g/mol. The van der Waals surface area contributed by atoms with Crippen LogP contribution in [-0.2, 0) is 36.9 Å². The van der Waals surface area contributed by atoms with Crippen LogP contribution in [0.25, 0.3) is 0 Å². The minimum atomic E-state index is -1.07. The molecule has 5 rings (SSSR count). The van der Waals surface area contributed by atoms with E-state index in [9.17, 15) is 19.6 Å². The molecule has 2 aromatic rings. The third-order valence-corrected chi connectivity index (χ3v) is 11.2. The molecule has 3 aliphatic heterocycles. The zero-order valence-electron chi connectivity index (χ0n) is 32.8. The van der Waals surface area contributed by atoms with Gasteiger partial charge in [0.1, 0.15) is 0 Å². The normalized spacial score (nSPS) is 20.8. The van der Waals surface area contributed by atoms with Gasteiger partial charge in [-0.15, -0.1) is 0 Å². The van der Waals surface area contributed by atoms with E-state index in [0.29, 0.717) is 31.1 Å². The van der Waals surface area contributed by atoms with Gasteiger partial charge in [-0.25, -0.2) is 4.79 Å². The van der Waals surface area contributed by atoms with Crippen molar-refractivity contribution in [2.75, 3.05) is 73.5 Å². The van der Waals surface area contributed by atoms with Gasteiger partial charge in [0.15, 0.2) is 0 Å². The number of hydrogen-bond acceptors (Lipinski definition) is 11. The van der Waals surface area contributed by atoms with E-state index >= 15 is 0 Å². The Kier molecular flexibility index (Phi) is 17.7. The molecule has 0 radical (unpaired) electrons. The van der Waals surface area contributed by atoms with E-state index in [1.807, 2.05) is 33.9 Å². The molecule has 2 saturated heterocycles. The first-order chi connectivity index (χ1) is 24.7. The number of fused-ring (bicyclic) bond motifs is 1. The van der Waals surface area contributed by atoms with Gasteiger partial charge in [-0.3, -0.25) is 14.6 Å². The lowest BCUT2D eigenvalue weighted by Gasteiger charge is -2.42. The summed E-state index contributed by atoms with van der Waals surface area (Å²) in [7, 11) is 2.50. The largest absolute Gasteiger partial charge is 0.469 e. The molecule has 0 amide bonds. The number of rotatable bonds is 12. The van der Waals surface area contributed by atoms with Gasteiger partial charge in [-0.05, 0) is 62.8 Å². The minimum absolute atomic E-state index is 0.136. The van der Waals surface area contributed by atoms with Gasteiger partial charge < -0.3 is 33.9 Å².